The van der Waals surface area contributed by atoms with Gasteiger partial charge in [-0.15, -0.1) is 0 Å². The summed E-state index contributed by atoms with van der Waals surface area (Å²) in [6, 6.07) is 9.62. The number of hydrogen-bond donors (Lipinski definition) is 1. The molecule has 3 rings (SSSR count). The molecule has 7 nitrogen and oxygen atoms in total. The number of amides is 1. The maximum absolute atomic E-state index is 11.9. The molecule has 1 amide bonds. The number of thioether (sulfide) groups is 1. The van der Waals surface area contributed by atoms with E-state index >= 15 is 0 Å². The van der Waals surface area contributed by atoms with Crippen LogP contribution in [0.3, 0.4) is 0 Å². The molecular weight excluding hydrogens is 342 g/mol. The number of halogens is 1. The summed E-state index contributed by atoms with van der Waals surface area (Å²) in [5.74, 6) is -0.529. The molecule has 1 N–H and O–H groups in total. The standard InChI is InChI=1S/C14H8ClN3O4S/c15-9-3-1-2-4-10(9)16-14-17-13(19)11(23-14)7-8-5-6-12(22-8)18(20)21/h1-7H,(H,16,17,19). The Balaban J connectivity index is 1.83. The van der Waals surface area contributed by atoms with Gasteiger partial charge in [-0.25, -0.2) is 4.99 Å². The molecule has 1 saturated heterocycles. The minimum Gasteiger partial charge on any atom is -0.401 e. The SMILES string of the molecule is O=C1NC(=Nc2ccccc2Cl)SC1=Cc1ccc([N+](=O)[O-])o1. The molecule has 0 bridgehead atoms. The van der Waals surface area contributed by atoms with E-state index in [2.05, 4.69) is 10.3 Å². The zero-order valence-corrected chi connectivity index (χ0v) is 12.9. The summed E-state index contributed by atoms with van der Waals surface area (Å²) >= 11 is 7.11. The van der Waals surface area contributed by atoms with Gasteiger partial charge in [0.25, 0.3) is 5.91 Å². The third kappa shape index (κ3) is 3.43. The van der Waals surface area contributed by atoms with Crippen LogP contribution in [0, 0.1) is 10.1 Å². The summed E-state index contributed by atoms with van der Waals surface area (Å²) in [6.45, 7) is 0. The van der Waals surface area contributed by atoms with Crippen LogP contribution in [-0.2, 0) is 4.79 Å². The largest absolute Gasteiger partial charge is 0.433 e. The molecule has 116 valence electrons. The summed E-state index contributed by atoms with van der Waals surface area (Å²) in [5.41, 5.74) is 0.534. The molecule has 0 unspecified atom stereocenters. The summed E-state index contributed by atoms with van der Waals surface area (Å²) in [4.78, 5) is 26.4. The summed E-state index contributed by atoms with van der Waals surface area (Å²) in [5, 5.41) is 14.0. The van der Waals surface area contributed by atoms with Crippen molar-refractivity contribution in [2.75, 3.05) is 0 Å². The van der Waals surface area contributed by atoms with Gasteiger partial charge in [-0.2, -0.15) is 0 Å². The van der Waals surface area contributed by atoms with Gasteiger partial charge in [0, 0.05) is 6.08 Å². The number of amidine groups is 1. The van der Waals surface area contributed by atoms with Crippen LogP contribution in [-0.4, -0.2) is 16.0 Å². The third-order valence-corrected chi connectivity index (χ3v) is 4.02. The van der Waals surface area contributed by atoms with Crippen molar-refractivity contribution in [2.45, 2.75) is 0 Å². The van der Waals surface area contributed by atoms with Crippen LogP contribution in [0.1, 0.15) is 5.76 Å². The molecule has 23 heavy (non-hydrogen) atoms. The first-order valence-corrected chi connectivity index (χ1v) is 7.51. The number of furan rings is 1. The Kier molecular flexibility index (Phi) is 4.18. The number of para-hydroxylation sites is 1. The summed E-state index contributed by atoms with van der Waals surface area (Å²) < 4.78 is 5.00. The van der Waals surface area contributed by atoms with Gasteiger partial charge in [0.05, 0.1) is 21.7 Å². The second kappa shape index (κ2) is 6.27. The molecule has 9 heteroatoms. The Morgan fingerprint density at radius 1 is 1.30 bits per heavy atom. The third-order valence-electron chi connectivity index (χ3n) is 2.79. The number of aliphatic imine (C=N–C) groups is 1. The van der Waals surface area contributed by atoms with Crippen LogP contribution in [0.15, 0.2) is 50.7 Å². The lowest BCUT2D eigenvalue weighted by atomic mass is 10.3. The number of carbonyl (C=O) groups excluding carboxylic acids is 1. The Bertz CT molecular complexity index is 859. The molecule has 0 aliphatic carbocycles. The monoisotopic (exact) mass is 349 g/mol. The molecule has 2 heterocycles. The normalized spacial score (nSPS) is 17.7. The molecule has 0 atom stereocenters. The van der Waals surface area contributed by atoms with Crippen molar-refractivity contribution in [2.24, 2.45) is 4.99 Å². The van der Waals surface area contributed by atoms with Crippen LogP contribution >= 0.6 is 23.4 Å². The minimum atomic E-state index is -0.645. The Morgan fingerprint density at radius 2 is 2.09 bits per heavy atom. The average Bonchev–Trinajstić information content (AvgIpc) is 3.10. The van der Waals surface area contributed by atoms with Crippen molar-refractivity contribution in [3.05, 3.63) is 62.2 Å². The lowest BCUT2D eigenvalue weighted by Gasteiger charge is -1.98. The maximum Gasteiger partial charge on any atom is 0.433 e. The van der Waals surface area contributed by atoms with Gasteiger partial charge in [-0.3, -0.25) is 14.9 Å². The summed E-state index contributed by atoms with van der Waals surface area (Å²) in [7, 11) is 0. The Hall–Kier alpha value is -2.58. The predicted molar refractivity (Wildman–Crippen MR) is 87.6 cm³/mol. The van der Waals surface area contributed by atoms with E-state index in [4.69, 9.17) is 16.0 Å². The molecule has 0 saturated carbocycles. The number of benzene rings is 1. The maximum atomic E-state index is 11.9. The highest BCUT2D eigenvalue weighted by Crippen LogP contribution is 2.31. The van der Waals surface area contributed by atoms with Crippen LogP contribution in [0.5, 0.6) is 0 Å². The number of hydrogen-bond acceptors (Lipinski definition) is 6. The first-order chi connectivity index (χ1) is 11.0. The number of nitrogens with zero attached hydrogens (tertiary/aromatic N) is 2. The van der Waals surface area contributed by atoms with Crippen LogP contribution in [0.4, 0.5) is 11.6 Å². The molecule has 0 spiro atoms. The minimum absolute atomic E-state index is 0.216. The Morgan fingerprint density at radius 3 is 2.78 bits per heavy atom. The lowest BCUT2D eigenvalue weighted by molar-refractivity contribution is -0.402. The van der Waals surface area contributed by atoms with Gasteiger partial charge < -0.3 is 9.73 Å². The molecule has 1 aliphatic rings. The molecule has 1 aromatic heterocycles. The van der Waals surface area contributed by atoms with E-state index in [0.29, 0.717) is 20.8 Å². The van der Waals surface area contributed by atoms with Crippen molar-refractivity contribution in [1.29, 1.82) is 0 Å². The van der Waals surface area contributed by atoms with Gasteiger partial charge >= 0.3 is 5.88 Å². The van der Waals surface area contributed by atoms with E-state index < -0.39 is 4.92 Å². The van der Waals surface area contributed by atoms with Gasteiger partial charge in [-0.05, 0) is 30.0 Å². The van der Waals surface area contributed by atoms with Crippen LogP contribution in [0.25, 0.3) is 6.08 Å². The van der Waals surface area contributed by atoms with Crippen LogP contribution < -0.4 is 5.32 Å². The fourth-order valence-electron chi connectivity index (χ4n) is 1.78. The van der Waals surface area contributed by atoms with Crippen molar-refractivity contribution in [3.8, 4) is 0 Å². The fourth-order valence-corrected chi connectivity index (χ4v) is 2.77. The molecule has 1 aliphatic heterocycles. The molecular formula is C14H8ClN3O4S. The van der Waals surface area contributed by atoms with E-state index in [1.807, 2.05) is 0 Å². The number of rotatable bonds is 3. The zero-order valence-electron chi connectivity index (χ0n) is 11.4. The average molecular weight is 350 g/mol. The number of nitrogens with one attached hydrogen (secondary N) is 1. The number of carbonyl (C=O) groups is 1. The van der Waals surface area contributed by atoms with Crippen molar-refractivity contribution in [3.63, 3.8) is 0 Å². The van der Waals surface area contributed by atoms with E-state index in [1.54, 1.807) is 24.3 Å². The molecule has 1 fully saturated rings. The smallest absolute Gasteiger partial charge is 0.401 e. The summed E-state index contributed by atoms with van der Waals surface area (Å²) in [6.07, 6.45) is 1.42. The first kappa shape index (κ1) is 15.3. The zero-order chi connectivity index (χ0) is 16.4. The van der Waals surface area contributed by atoms with Crippen molar-refractivity contribution < 1.29 is 14.1 Å². The fraction of sp³-hybridized carbons (Fsp3) is 0. The van der Waals surface area contributed by atoms with Gasteiger partial charge in [-0.1, -0.05) is 23.7 Å². The predicted octanol–water partition coefficient (Wildman–Crippen LogP) is 3.73. The van der Waals surface area contributed by atoms with Crippen molar-refractivity contribution in [1.82, 2.24) is 5.32 Å². The Labute approximate surface area is 139 Å². The van der Waals surface area contributed by atoms with E-state index in [0.717, 1.165) is 11.8 Å². The lowest BCUT2D eigenvalue weighted by Crippen LogP contribution is -2.19. The quantitative estimate of drug-likeness (QED) is 0.517. The first-order valence-electron chi connectivity index (χ1n) is 6.31. The van der Waals surface area contributed by atoms with Gasteiger partial charge in [0.2, 0.25) is 0 Å². The highest BCUT2D eigenvalue weighted by atomic mass is 35.5. The van der Waals surface area contributed by atoms with E-state index in [-0.39, 0.29) is 17.6 Å². The molecule has 2 aromatic rings. The van der Waals surface area contributed by atoms with Gasteiger partial charge in [0.1, 0.15) is 10.7 Å². The highest BCUT2D eigenvalue weighted by Gasteiger charge is 2.25. The second-order valence-electron chi connectivity index (χ2n) is 4.37. The second-order valence-corrected chi connectivity index (χ2v) is 5.80. The molecule has 1 aromatic carbocycles. The van der Waals surface area contributed by atoms with Crippen molar-refractivity contribution >= 4 is 52.1 Å². The van der Waals surface area contributed by atoms with Crippen LogP contribution in [0.2, 0.25) is 5.02 Å². The topological polar surface area (TPSA) is 97.7 Å². The van der Waals surface area contributed by atoms with E-state index in [1.165, 1.54) is 18.2 Å². The highest BCUT2D eigenvalue weighted by molar-refractivity contribution is 8.18. The number of nitro groups is 1. The molecule has 0 radical (unpaired) electrons. The van der Waals surface area contributed by atoms with E-state index in [9.17, 15) is 14.9 Å². The van der Waals surface area contributed by atoms with Gasteiger partial charge in [0.15, 0.2) is 5.17 Å².